The van der Waals surface area contributed by atoms with E-state index in [0.29, 0.717) is 6.61 Å². The smallest absolute Gasteiger partial charge is 0.130 e. The highest BCUT2D eigenvalue weighted by atomic mass is 19.1. The van der Waals surface area contributed by atoms with Gasteiger partial charge in [-0.3, -0.25) is 0 Å². The van der Waals surface area contributed by atoms with Crippen LogP contribution in [0.3, 0.4) is 0 Å². The van der Waals surface area contributed by atoms with Gasteiger partial charge in [0.15, 0.2) is 0 Å². The second kappa shape index (κ2) is 4.06. The van der Waals surface area contributed by atoms with E-state index >= 15 is 0 Å². The van der Waals surface area contributed by atoms with Crippen LogP contribution in [-0.2, 0) is 6.42 Å². The zero-order chi connectivity index (χ0) is 11.0. The highest BCUT2D eigenvalue weighted by Gasteiger charge is 2.26. The molecule has 3 heteroatoms. The predicted molar refractivity (Wildman–Crippen MR) is 60.4 cm³/mol. The fraction of sp³-hybridized carbons (Fsp3) is 0.538. The van der Waals surface area contributed by atoms with Gasteiger partial charge in [-0.25, -0.2) is 4.39 Å². The summed E-state index contributed by atoms with van der Waals surface area (Å²) in [5.74, 6) is 1.00. The van der Waals surface area contributed by atoms with E-state index in [1.807, 2.05) is 6.07 Å². The lowest BCUT2D eigenvalue weighted by atomic mass is 9.89. The normalized spacial score (nSPS) is 23.9. The standard InChI is InChI=1S/C13H16FNO/c14-11-4-3-9-5-7-16-13(9)12(11)10-2-1-6-15-8-10/h3-4,10,15H,1-2,5-8H2. The minimum Gasteiger partial charge on any atom is -0.493 e. The minimum atomic E-state index is -0.102. The molecule has 1 aromatic rings. The summed E-state index contributed by atoms with van der Waals surface area (Å²) < 4.78 is 19.5. The van der Waals surface area contributed by atoms with Gasteiger partial charge in [-0.1, -0.05) is 6.07 Å². The monoisotopic (exact) mass is 221 g/mol. The number of hydrogen-bond acceptors (Lipinski definition) is 2. The van der Waals surface area contributed by atoms with Crippen LogP contribution in [0.2, 0.25) is 0 Å². The lowest BCUT2D eigenvalue weighted by Crippen LogP contribution is -2.29. The van der Waals surface area contributed by atoms with Gasteiger partial charge >= 0.3 is 0 Å². The number of fused-ring (bicyclic) bond motifs is 1. The van der Waals surface area contributed by atoms with Crippen molar-refractivity contribution in [2.75, 3.05) is 19.7 Å². The highest BCUT2D eigenvalue weighted by molar-refractivity contribution is 5.47. The highest BCUT2D eigenvalue weighted by Crippen LogP contribution is 2.38. The van der Waals surface area contributed by atoms with Crippen molar-refractivity contribution < 1.29 is 9.13 Å². The van der Waals surface area contributed by atoms with Crippen molar-refractivity contribution in [3.05, 3.63) is 29.1 Å². The number of ether oxygens (including phenoxy) is 1. The molecule has 0 aromatic heterocycles. The lowest BCUT2D eigenvalue weighted by Gasteiger charge is -2.25. The molecule has 1 atom stereocenters. The number of nitrogens with one attached hydrogen (secondary N) is 1. The Balaban J connectivity index is 2.01. The molecular formula is C13H16FNO. The van der Waals surface area contributed by atoms with Crippen LogP contribution in [0.4, 0.5) is 4.39 Å². The average Bonchev–Trinajstić information content (AvgIpc) is 2.78. The maximum Gasteiger partial charge on any atom is 0.130 e. The first-order valence-corrected chi connectivity index (χ1v) is 6.01. The molecule has 2 aliphatic heterocycles. The summed E-state index contributed by atoms with van der Waals surface area (Å²) in [5, 5.41) is 3.33. The van der Waals surface area contributed by atoms with Gasteiger partial charge in [-0.15, -0.1) is 0 Å². The van der Waals surface area contributed by atoms with Crippen molar-refractivity contribution >= 4 is 0 Å². The van der Waals surface area contributed by atoms with Crippen LogP contribution in [-0.4, -0.2) is 19.7 Å². The molecule has 86 valence electrons. The fourth-order valence-corrected chi connectivity index (χ4v) is 2.73. The van der Waals surface area contributed by atoms with Gasteiger partial charge in [0.25, 0.3) is 0 Å². The number of hydrogen-bond donors (Lipinski definition) is 1. The molecule has 1 aromatic carbocycles. The molecule has 2 heterocycles. The van der Waals surface area contributed by atoms with Crippen LogP contribution in [0, 0.1) is 5.82 Å². The summed E-state index contributed by atoms with van der Waals surface area (Å²) in [6, 6.07) is 3.45. The third-order valence-electron chi connectivity index (χ3n) is 3.55. The summed E-state index contributed by atoms with van der Waals surface area (Å²) in [4.78, 5) is 0. The van der Waals surface area contributed by atoms with E-state index in [4.69, 9.17) is 4.74 Å². The molecular weight excluding hydrogens is 205 g/mol. The zero-order valence-corrected chi connectivity index (χ0v) is 9.26. The van der Waals surface area contributed by atoms with Gasteiger partial charge < -0.3 is 10.1 Å². The quantitative estimate of drug-likeness (QED) is 0.785. The van der Waals surface area contributed by atoms with E-state index in [1.54, 1.807) is 6.07 Å². The van der Waals surface area contributed by atoms with Gasteiger partial charge in [0.2, 0.25) is 0 Å². The molecule has 1 N–H and O–H groups in total. The van der Waals surface area contributed by atoms with Crippen molar-refractivity contribution in [2.45, 2.75) is 25.2 Å². The van der Waals surface area contributed by atoms with E-state index in [0.717, 1.165) is 43.7 Å². The Labute approximate surface area is 94.8 Å². The molecule has 1 fully saturated rings. The Morgan fingerprint density at radius 2 is 2.31 bits per heavy atom. The Morgan fingerprint density at radius 3 is 3.12 bits per heavy atom. The van der Waals surface area contributed by atoms with Crippen LogP contribution < -0.4 is 10.1 Å². The summed E-state index contributed by atoms with van der Waals surface area (Å²) in [5.41, 5.74) is 1.98. The van der Waals surface area contributed by atoms with Crippen molar-refractivity contribution in [2.24, 2.45) is 0 Å². The Hall–Kier alpha value is -1.09. The van der Waals surface area contributed by atoms with Crippen molar-refractivity contribution in [1.29, 1.82) is 0 Å². The largest absolute Gasteiger partial charge is 0.493 e. The molecule has 1 saturated heterocycles. The Kier molecular flexibility index (Phi) is 2.56. The van der Waals surface area contributed by atoms with Gasteiger partial charge in [0, 0.05) is 24.4 Å². The second-order valence-electron chi connectivity index (χ2n) is 4.59. The van der Waals surface area contributed by atoms with Crippen molar-refractivity contribution in [3.63, 3.8) is 0 Å². The third-order valence-corrected chi connectivity index (χ3v) is 3.55. The van der Waals surface area contributed by atoms with Crippen LogP contribution in [0.15, 0.2) is 12.1 Å². The van der Waals surface area contributed by atoms with E-state index in [9.17, 15) is 4.39 Å². The predicted octanol–water partition coefficient (Wildman–Crippen LogP) is 2.23. The topological polar surface area (TPSA) is 21.3 Å². The van der Waals surface area contributed by atoms with Gasteiger partial charge in [-0.2, -0.15) is 0 Å². The molecule has 0 radical (unpaired) electrons. The van der Waals surface area contributed by atoms with Crippen molar-refractivity contribution in [1.82, 2.24) is 5.32 Å². The Morgan fingerprint density at radius 1 is 1.38 bits per heavy atom. The summed E-state index contributed by atoms with van der Waals surface area (Å²) in [6.45, 7) is 2.62. The summed E-state index contributed by atoms with van der Waals surface area (Å²) >= 11 is 0. The lowest BCUT2D eigenvalue weighted by molar-refractivity contribution is 0.342. The first-order valence-electron chi connectivity index (χ1n) is 6.01. The molecule has 3 rings (SSSR count). The van der Waals surface area contributed by atoms with E-state index < -0.39 is 0 Å². The number of rotatable bonds is 1. The minimum absolute atomic E-state index is 0.102. The average molecular weight is 221 g/mol. The maximum absolute atomic E-state index is 13.9. The van der Waals surface area contributed by atoms with E-state index in [-0.39, 0.29) is 11.7 Å². The van der Waals surface area contributed by atoms with Crippen LogP contribution >= 0.6 is 0 Å². The molecule has 0 spiro atoms. The SMILES string of the molecule is Fc1ccc2c(c1C1CCCNC1)OCC2. The van der Waals surface area contributed by atoms with Gasteiger partial charge in [0.05, 0.1) is 6.61 Å². The number of halogens is 1. The molecule has 16 heavy (non-hydrogen) atoms. The van der Waals surface area contributed by atoms with Gasteiger partial charge in [-0.05, 0) is 31.0 Å². The van der Waals surface area contributed by atoms with Crippen LogP contribution in [0.1, 0.15) is 29.9 Å². The molecule has 0 amide bonds. The molecule has 0 bridgehead atoms. The van der Waals surface area contributed by atoms with Crippen LogP contribution in [0.5, 0.6) is 5.75 Å². The first-order chi connectivity index (χ1) is 7.86. The molecule has 1 unspecified atom stereocenters. The fourth-order valence-electron chi connectivity index (χ4n) is 2.73. The second-order valence-corrected chi connectivity index (χ2v) is 4.59. The number of benzene rings is 1. The first kappa shape index (κ1) is 10.1. The Bertz CT molecular complexity index is 399. The summed E-state index contributed by atoms with van der Waals surface area (Å²) in [6.07, 6.45) is 3.10. The van der Waals surface area contributed by atoms with Crippen molar-refractivity contribution in [3.8, 4) is 5.75 Å². The van der Waals surface area contributed by atoms with E-state index in [1.165, 1.54) is 5.56 Å². The van der Waals surface area contributed by atoms with Crippen LogP contribution in [0.25, 0.3) is 0 Å². The van der Waals surface area contributed by atoms with E-state index in [2.05, 4.69) is 5.32 Å². The third kappa shape index (κ3) is 1.59. The molecule has 2 nitrogen and oxygen atoms in total. The number of piperidine rings is 1. The summed E-state index contributed by atoms with van der Waals surface area (Å²) in [7, 11) is 0. The molecule has 2 aliphatic rings. The van der Waals surface area contributed by atoms with Gasteiger partial charge in [0.1, 0.15) is 11.6 Å². The zero-order valence-electron chi connectivity index (χ0n) is 9.26. The molecule has 0 aliphatic carbocycles. The maximum atomic E-state index is 13.9. The molecule has 0 saturated carbocycles.